The van der Waals surface area contributed by atoms with E-state index >= 15 is 0 Å². The highest BCUT2D eigenvalue weighted by molar-refractivity contribution is 5.89. The lowest BCUT2D eigenvalue weighted by atomic mass is 9.90. The molecule has 0 bridgehead atoms. The van der Waals surface area contributed by atoms with Crippen molar-refractivity contribution >= 4 is 11.9 Å². The Bertz CT molecular complexity index is 582. The summed E-state index contributed by atoms with van der Waals surface area (Å²) in [6.45, 7) is 1.49. The van der Waals surface area contributed by atoms with Crippen LogP contribution in [0.5, 0.6) is 5.75 Å². The third kappa shape index (κ3) is 3.47. The van der Waals surface area contributed by atoms with Crippen molar-refractivity contribution in [3.63, 3.8) is 0 Å². The van der Waals surface area contributed by atoms with E-state index in [1.165, 1.54) is 0 Å². The normalized spacial score (nSPS) is 24.9. The van der Waals surface area contributed by atoms with Crippen molar-refractivity contribution in [2.24, 2.45) is 5.92 Å². The fraction of sp³-hybridized carbons (Fsp3) is 0.529. The van der Waals surface area contributed by atoms with E-state index in [0.29, 0.717) is 32.0 Å². The Morgan fingerprint density at radius 1 is 1.22 bits per heavy atom. The molecule has 0 spiro atoms. The van der Waals surface area contributed by atoms with Gasteiger partial charge in [0.05, 0.1) is 19.1 Å². The van der Waals surface area contributed by atoms with Gasteiger partial charge in [0.2, 0.25) is 5.91 Å². The second kappa shape index (κ2) is 7.00. The fourth-order valence-corrected chi connectivity index (χ4v) is 3.28. The summed E-state index contributed by atoms with van der Waals surface area (Å²) in [5.74, 6) is -1.11. The van der Waals surface area contributed by atoms with Gasteiger partial charge in [-0.15, -0.1) is 0 Å². The van der Waals surface area contributed by atoms with Crippen LogP contribution in [0.3, 0.4) is 0 Å². The summed E-state index contributed by atoms with van der Waals surface area (Å²) >= 11 is 0. The lowest BCUT2D eigenvalue weighted by molar-refractivity contribution is -0.145. The molecule has 1 fully saturated rings. The van der Waals surface area contributed by atoms with E-state index in [0.717, 1.165) is 18.4 Å². The maximum Gasteiger partial charge on any atom is 0.326 e. The van der Waals surface area contributed by atoms with Crippen molar-refractivity contribution in [3.8, 4) is 5.75 Å². The Morgan fingerprint density at radius 2 is 2.04 bits per heavy atom. The van der Waals surface area contributed by atoms with Crippen LogP contribution in [0.2, 0.25) is 0 Å². The predicted molar refractivity (Wildman–Crippen MR) is 82.4 cm³/mol. The van der Waals surface area contributed by atoms with Gasteiger partial charge in [-0.05, 0) is 25.3 Å². The van der Waals surface area contributed by atoms with Crippen molar-refractivity contribution in [2.45, 2.75) is 31.2 Å². The van der Waals surface area contributed by atoms with Crippen molar-refractivity contribution < 1.29 is 24.2 Å². The standard InChI is InChI=1S/C17H21NO5/c19-16(13-7-9-23-14-6-2-1-5-12(13)14)18-15(17(20)21)11-4-3-8-22-10-11/h1-2,5-6,11,13,15H,3-4,7-10H2,(H,18,19)(H,20,21). The minimum absolute atomic E-state index is 0.180. The minimum Gasteiger partial charge on any atom is -0.493 e. The van der Waals surface area contributed by atoms with E-state index < -0.39 is 12.0 Å². The molecule has 0 aliphatic carbocycles. The monoisotopic (exact) mass is 319 g/mol. The number of aliphatic carboxylic acids is 1. The molecule has 3 rings (SSSR count). The molecule has 6 heteroatoms. The third-order valence-corrected chi connectivity index (χ3v) is 4.51. The predicted octanol–water partition coefficient (Wildman–Crippen LogP) is 1.55. The molecule has 1 saturated heterocycles. The molecule has 6 nitrogen and oxygen atoms in total. The maximum absolute atomic E-state index is 12.6. The van der Waals surface area contributed by atoms with E-state index in [9.17, 15) is 14.7 Å². The van der Waals surface area contributed by atoms with Gasteiger partial charge in [-0.3, -0.25) is 4.79 Å². The summed E-state index contributed by atoms with van der Waals surface area (Å²) < 4.78 is 10.9. The van der Waals surface area contributed by atoms with Crippen LogP contribution in [0.4, 0.5) is 0 Å². The Hall–Kier alpha value is -2.08. The highest BCUT2D eigenvalue weighted by Crippen LogP contribution is 2.33. The first-order chi connectivity index (χ1) is 11.2. The summed E-state index contributed by atoms with van der Waals surface area (Å²) in [5.41, 5.74) is 0.820. The molecule has 0 radical (unpaired) electrons. The van der Waals surface area contributed by atoms with Gasteiger partial charge in [-0.1, -0.05) is 18.2 Å². The number of hydrogen-bond acceptors (Lipinski definition) is 4. The van der Waals surface area contributed by atoms with Crippen molar-refractivity contribution in [3.05, 3.63) is 29.8 Å². The number of rotatable bonds is 4. The summed E-state index contributed by atoms with van der Waals surface area (Å²) in [7, 11) is 0. The quantitative estimate of drug-likeness (QED) is 0.879. The summed E-state index contributed by atoms with van der Waals surface area (Å²) in [5, 5.41) is 12.2. The summed E-state index contributed by atoms with van der Waals surface area (Å²) in [6.07, 6.45) is 2.13. The van der Waals surface area contributed by atoms with Crippen LogP contribution in [0.15, 0.2) is 24.3 Å². The molecule has 3 atom stereocenters. The van der Waals surface area contributed by atoms with E-state index in [2.05, 4.69) is 5.32 Å². The number of amides is 1. The number of para-hydroxylation sites is 1. The van der Waals surface area contributed by atoms with Gasteiger partial charge in [-0.25, -0.2) is 4.79 Å². The number of carbonyl (C=O) groups excluding carboxylic acids is 1. The van der Waals surface area contributed by atoms with Gasteiger partial charge in [0.1, 0.15) is 11.8 Å². The highest BCUT2D eigenvalue weighted by atomic mass is 16.5. The van der Waals surface area contributed by atoms with E-state index in [1.54, 1.807) is 0 Å². The zero-order chi connectivity index (χ0) is 16.2. The molecule has 0 aromatic heterocycles. The zero-order valence-corrected chi connectivity index (χ0v) is 12.9. The fourth-order valence-electron chi connectivity index (χ4n) is 3.28. The Kier molecular flexibility index (Phi) is 4.81. The molecule has 1 amide bonds. The van der Waals surface area contributed by atoms with Crippen LogP contribution in [0.1, 0.15) is 30.7 Å². The SMILES string of the molecule is O=C(NC(C(=O)O)C1CCCOC1)C1CCOc2ccccc21. The molecule has 1 aromatic rings. The number of benzene rings is 1. The molecular formula is C17H21NO5. The van der Waals surface area contributed by atoms with Crippen molar-refractivity contribution in [1.82, 2.24) is 5.32 Å². The van der Waals surface area contributed by atoms with Crippen LogP contribution in [-0.4, -0.2) is 42.8 Å². The Labute approximate surface area is 134 Å². The average Bonchev–Trinajstić information content (AvgIpc) is 2.59. The maximum atomic E-state index is 12.6. The van der Waals surface area contributed by atoms with Gasteiger partial charge in [0.15, 0.2) is 0 Å². The van der Waals surface area contributed by atoms with Crippen LogP contribution in [-0.2, 0) is 14.3 Å². The lowest BCUT2D eigenvalue weighted by Crippen LogP contribution is -2.50. The molecule has 3 unspecified atom stereocenters. The Morgan fingerprint density at radius 3 is 2.78 bits per heavy atom. The second-order valence-electron chi connectivity index (χ2n) is 6.03. The highest BCUT2D eigenvalue weighted by Gasteiger charge is 2.35. The number of carboxylic acid groups (broad SMARTS) is 1. The first kappa shape index (κ1) is 15.8. The van der Waals surface area contributed by atoms with Crippen LogP contribution in [0.25, 0.3) is 0 Å². The molecule has 2 aliphatic rings. The smallest absolute Gasteiger partial charge is 0.326 e. The number of nitrogens with one attached hydrogen (secondary N) is 1. The van der Waals surface area contributed by atoms with Crippen molar-refractivity contribution in [2.75, 3.05) is 19.8 Å². The van der Waals surface area contributed by atoms with E-state index in [4.69, 9.17) is 9.47 Å². The molecule has 2 heterocycles. The number of hydrogen-bond donors (Lipinski definition) is 2. The average molecular weight is 319 g/mol. The molecule has 2 aliphatic heterocycles. The molecular weight excluding hydrogens is 298 g/mol. The number of fused-ring (bicyclic) bond motifs is 1. The topological polar surface area (TPSA) is 84.9 Å². The van der Waals surface area contributed by atoms with Gasteiger partial charge in [-0.2, -0.15) is 0 Å². The molecule has 0 saturated carbocycles. The molecule has 2 N–H and O–H groups in total. The van der Waals surface area contributed by atoms with Crippen LogP contribution >= 0.6 is 0 Å². The minimum atomic E-state index is -1.01. The zero-order valence-electron chi connectivity index (χ0n) is 12.9. The first-order valence-electron chi connectivity index (χ1n) is 7.99. The number of ether oxygens (including phenoxy) is 2. The van der Waals surface area contributed by atoms with E-state index in [1.807, 2.05) is 24.3 Å². The summed E-state index contributed by atoms with van der Waals surface area (Å²) in [6, 6.07) is 6.50. The van der Waals surface area contributed by atoms with E-state index in [-0.39, 0.29) is 17.7 Å². The summed E-state index contributed by atoms with van der Waals surface area (Å²) in [4.78, 5) is 24.2. The lowest BCUT2D eigenvalue weighted by Gasteiger charge is -2.30. The molecule has 1 aromatic carbocycles. The van der Waals surface area contributed by atoms with Gasteiger partial charge in [0, 0.05) is 18.1 Å². The Balaban J connectivity index is 1.73. The molecule has 124 valence electrons. The third-order valence-electron chi connectivity index (χ3n) is 4.51. The second-order valence-corrected chi connectivity index (χ2v) is 6.03. The largest absolute Gasteiger partial charge is 0.493 e. The van der Waals surface area contributed by atoms with Crippen molar-refractivity contribution in [1.29, 1.82) is 0 Å². The molecule has 23 heavy (non-hydrogen) atoms. The van der Waals surface area contributed by atoms with Gasteiger partial charge < -0.3 is 19.9 Å². The van der Waals surface area contributed by atoms with Crippen LogP contribution < -0.4 is 10.1 Å². The first-order valence-corrected chi connectivity index (χ1v) is 7.99. The van der Waals surface area contributed by atoms with Gasteiger partial charge >= 0.3 is 5.97 Å². The van der Waals surface area contributed by atoms with Gasteiger partial charge in [0.25, 0.3) is 0 Å². The number of carbonyl (C=O) groups is 2. The van der Waals surface area contributed by atoms with Crippen LogP contribution in [0, 0.1) is 5.92 Å². The number of carboxylic acids is 1.